The number of hydrogen-bond donors (Lipinski definition) is 5. The van der Waals surface area contributed by atoms with Crippen LogP contribution in [0, 0.1) is 11.3 Å². The van der Waals surface area contributed by atoms with E-state index >= 15 is 0 Å². The highest BCUT2D eigenvalue weighted by atomic mass is 16.4. The first-order chi connectivity index (χ1) is 21.8. The number of carbonyl (C=O) groups is 2. The van der Waals surface area contributed by atoms with Gasteiger partial charge in [0.2, 0.25) is 23.7 Å². The molecule has 0 radical (unpaired) electrons. The van der Waals surface area contributed by atoms with Crippen LogP contribution in [-0.4, -0.2) is 96.1 Å². The van der Waals surface area contributed by atoms with Crippen molar-refractivity contribution in [1.82, 2.24) is 34.7 Å². The number of aromatic hydroxyl groups is 1. The van der Waals surface area contributed by atoms with E-state index in [4.69, 9.17) is 5.26 Å². The molecular formula is C30H31N11O4. The van der Waals surface area contributed by atoms with E-state index in [1.54, 1.807) is 36.2 Å². The first kappa shape index (κ1) is 30.6. The number of nitrogens with zero attached hydrogens (tertiary/aromatic N) is 8. The highest BCUT2D eigenvalue weighted by molar-refractivity contribution is 5.94. The summed E-state index contributed by atoms with van der Waals surface area (Å²) < 4.78 is 0. The molecule has 5 rings (SSSR count). The van der Waals surface area contributed by atoms with Gasteiger partial charge < -0.3 is 31.1 Å². The standard InChI is InChI=1S/C30H31N11O4/c1-32-28-37-29(39-30(38-28)36-23(27(44)45)16-19-5-7-20(17-31)8-6-19)35-22-4-2-3-21(15-22)18-40-11-13-41(14-12-40)26(43)24-25(42)34-10-9-33-24/h2-10,15,23H,11-14,16,18H2,1H3,(H,34,42)(H,44,45)(H3,32,35,36,37,38,39)/t23-/m0/s1. The first-order valence-electron chi connectivity index (χ1n) is 14.1. The summed E-state index contributed by atoms with van der Waals surface area (Å²) in [6.45, 7) is 2.91. The average molecular weight is 610 g/mol. The Morgan fingerprint density at radius 3 is 2.36 bits per heavy atom. The minimum atomic E-state index is -1.08. The molecule has 1 atom stereocenters. The van der Waals surface area contributed by atoms with Gasteiger partial charge in [0.1, 0.15) is 6.04 Å². The Morgan fingerprint density at radius 1 is 0.956 bits per heavy atom. The molecule has 0 saturated carbocycles. The van der Waals surface area contributed by atoms with Gasteiger partial charge in [-0.3, -0.25) is 9.69 Å². The maximum atomic E-state index is 12.7. The number of carboxylic acid groups (broad SMARTS) is 1. The number of anilines is 4. The molecule has 15 nitrogen and oxygen atoms in total. The van der Waals surface area contributed by atoms with Crippen LogP contribution in [0.25, 0.3) is 0 Å². The van der Waals surface area contributed by atoms with Crippen LogP contribution in [0.2, 0.25) is 0 Å². The van der Waals surface area contributed by atoms with Crippen molar-refractivity contribution in [3.63, 3.8) is 0 Å². The van der Waals surface area contributed by atoms with Crippen molar-refractivity contribution < 1.29 is 19.8 Å². The first-order valence-corrected chi connectivity index (χ1v) is 14.1. The number of aliphatic carboxylic acids is 1. The van der Waals surface area contributed by atoms with Crippen LogP contribution in [0.5, 0.6) is 5.88 Å². The summed E-state index contributed by atoms with van der Waals surface area (Å²) in [7, 11) is 1.65. The third-order valence-corrected chi connectivity index (χ3v) is 7.11. The van der Waals surface area contributed by atoms with Crippen molar-refractivity contribution in [2.24, 2.45) is 0 Å². The second-order valence-corrected chi connectivity index (χ2v) is 10.2. The molecule has 2 aromatic carbocycles. The maximum Gasteiger partial charge on any atom is 0.326 e. The molecule has 1 fully saturated rings. The molecule has 45 heavy (non-hydrogen) atoms. The monoisotopic (exact) mass is 609 g/mol. The number of piperazine rings is 1. The fraction of sp³-hybridized carbons (Fsp3) is 0.267. The Bertz CT molecular complexity index is 1700. The molecule has 0 bridgehead atoms. The zero-order chi connectivity index (χ0) is 31.8. The van der Waals surface area contributed by atoms with Crippen LogP contribution in [0.1, 0.15) is 27.2 Å². The molecule has 0 unspecified atom stereocenters. The summed E-state index contributed by atoms with van der Waals surface area (Å²) in [6.07, 6.45) is 2.86. The van der Waals surface area contributed by atoms with Gasteiger partial charge in [0.15, 0.2) is 5.69 Å². The maximum absolute atomic E-state index is 12.7. The van der Waals surface area contributed by atoms with E-state index in [2.05, 4.69) is 45.8 Å². The second kappa shape index (κ2) is 14.1. The highest BCUT2D eigenvalue weighted by Gasteiger charge is 2.25. The van der Waals surface area contributed by atoms with Gasteiger partial charge in [-0.25, -0.2) is 14.8 Å². The number of nitrogens with one attached hydrogen (secondary N) is 3. The van der Waals surface area contributed by atoms with Crippen molar-refractivity contribution >= 4 is 35.4 Å². The van der Waals surface area contributed by atoms with Crippen molar-refractivity contribution in [2.75, 3.05) is 49.2 Å². The Hall–Kier alpha value is -5.88. The Morgan fingerprint density at radius 2 is 1.67 bits per heavy atom. The molecule has 1 saturated heterocycles. The van der Waals surface area contributed by atoms with Crippen LogP contribution in [-0.2, 0) is 17.8 Å². The van der Waals surface area contributed by atoms with Crippen molar-refractivity contribution in [3.05, 3.63) is 83.3 Å². The number of hydrogen-bond acceptors (Lipinski definition) is 13. The number of nitriles is 1. The van der Waals surface area contributed by atoms with Crippen molar-refractivity contribution in [1.29, 1.82) is 5.26 Å². The summed E-state index contributed by atoms with van der Waals surface area (Å²) in [4.78, 5) is 49.4. The molecule has 1 aliphatic heterocycles. The molecule has 5 N–H and O–H groups in total. The van der Waals surface area contributed by atoms with E-state index < -0.39 is 12.0 Å². The molecule has 1 aliphatic rings. The van der Waals surface area contributed by atoms with E-state index in [0.29, 0.717) is 38.3 Å². The zero-order valence-corrected chi connectivity index (χ0v) is 24.4. The van der Waals surface area contributed by atoms with Gasteiger partial charge in [0, 0.05) is 64.3 Å². The molecule has 4 aromatic rings. The van der Waals surface area contributed by atoms with E-state index in [1.165, 1.54) is 12.4 Å². The predicted octanol–water partition coefficient (Wildman–Crippen LogP) is 2.09. The van der Waals surface area contributed by atoms with Gasteiger partial charge in [-0.1, -0.05) is 24.3 Å². The van der Waals surface area contributed by atoms with Crippen LogP contribution in [0.4, 0.5) is 23.5 Å². The molecule has 3 heterocycles. The SMILES string of the molecule is CNc1nc(Nc2cccc(CN3CCN(C(=O)c4nccnc4O)CC3)c2)nc(N[C@@H](Cc2ccc(C#N)cc2)C(=O)O)n1. The zero-order valence-electron chi connectivity index (χ0n) is 24.4. The third kappa shape index (κ3) is 7.94. The lowest BCUT2D eigenvalue weighted by atomic mass is 10.0. The fourth-order valence-corrected chi connectivity index (χ4v) is 4.79. The van der Waals surface area contributed by atoms with Gasteiger partial charge in [0.25, 0.3) is 5.91 Å². The second-order valence-electron chi connectivity index (χ2n) is 10.2. The summed E-state index contributed by atoms with van der Waals surface area (Å²) >= 11 is 0. The van der Waals surface area contributed by atoms with Crippen LogP contribution in [0.3, 0.4) is 0 Å². The number of aromatic nitrogens is 5. The highest BCUT2D eigenvalue weighted by Crippen LogP contribution is 2.20. The number of carbonyl (C=O) groups excluding carboxylic acids is 1. The molecule has 2 aromatic heterocycles. The average Bonchev–Trinajstić information content (AvgIpc) is 3.05. The van der Waals surface area contributed by atoms with E-state index in [0.717, 1.165) is 16.8 Å². The van der Waals surface area contributed by atoms with Gasteiger partial charge in [-0.2, -0.15) is 20.2 Å². The lowest BCUT2D eigenvalue weighted by molar-refractivity contribution is -0.137. The quantitative estimate of drug-likeness (QED) is 0.165. The van der Waals surface area contributed by atoms with Crippen molar-refractivity contribution in [3.8, 4) is 11.9 Å². The summed E-state index contributed by atoms with van der Waals surface area (Å²) in [5, 5.41) is 37.7. The lowest BCUT2D eigenvalue weighted by Crippen LogP contribution is -2.48. The molecule has 15 heteroatoms. The summed E-state index contributed by atoms with van der Waals surface area (Å²) in [6, 6.07) is 15.5. The van der Waals surface area contributed by atoms with Crippen LogP contribution < -0.4 is 16.0 Å². The Balaban J connectivity index is 1.22. The molecule has 230 valence electrons. The Labute approximate surface area is 258 Å². The van der Waals surface area contributed by atoms with Crippen molar-refractivity contribution in [2.45, 2.75) is 19.0 Å². The van der Waals surface area contributed by atoms with Gasteiger partial charge in [0.05, 0.1) is 11.6 Å². The lowest BCUT2D eigenvalue weighted by Gasteiger charge is -2.34. The minimum Gasteiger partial charge on any atom is -0.492 e. The third-order valence-electron chi connectivity index (χ3n) is 7.11. The minimum absolute atomic E-state index is 0.0485. The van der Waals surface area contributed by atoms with Crippen LogP contribution >= 0.6 is 0 Å². The number of benzene rings is 2. The number of carboxylic acids is 1. The molecule has 0 aliphatic carbocycles. The Kier molecular flexibility index (Phi) is 9.55. The van der Waals surface area contributed by atoms with E-state index in [1.807, 2.05) is 30.3 Å². The normalized spacial score (nSPS) is 13.8. The fourth-order valence-electron chi connectivity index (χ4n) is 4.79. The number of amides is 1. The summed E-state index contributed by atoms with van der Waals surface area (Å²) in [5.41, 5.74) is 2.94. The largest absolute Gasteiger partial charge is 0.492 e. The van der Waals surface area contributed by atoms with E-state index in [-0.39, 0.29) is 41.7 Å². The van der Waals surface area contributed by atoms with E-state index in [9.17, 15) is 19.8 Å². The topological polar surface area (TPSA) is 205 Å². The van der Waals surface area contributed by atoms with Crippen LogP contribution in [0.15, 0.2) is 60.9 Å². The smallest absolute Gasteiger partial charge is 0.326 e. The van der Waals surface area contributed by atoms with Gasteiger partial charge in [-0.05, 0) is 35.4 Å². The van der Waals surface area contributed by atoms with Gasteiger partial charge in [-0.15, -0.1) is 0 Å². The summed E-state index contributed by atoms with van der Waals surface area (Å²) in [5.74, 6) is -1.25. The molecule has 1 amide bonds. The molecule has 0 spiro atoms. The predicted molar refractivity (Wildman–Crippen MR) is 164 cm³/mol. The number of rotatable bonds is 11. The van der Waals surface area contributed by atoms with Gasteiger partial charge >= 0.3 is 5.97 Å². The molecular weight excluding hydrogens is 578 g/mol.